The lowest BCUT2D eigenvalue weighted by molar-refractivity contribution is 0.123. The number of likely N-dealkylation sites (tertiary alicyclic amines) is 1. The average Bonchev–Trinajstić information content (AvgIpc) is 3.07. The Balaban J connectivity index is 1.84. The van der Waals surface area contributed by atoms with Gasteiger partial charge in [-0.1, -0.05) is 60.7 Å². The molecule has 0 aliphatic carbocycles. The van der Waals surface area contributed by atoms with E-state index in [1.54, 1.807) is 0 Å². The molecule has 1 aliphatic heterocycles. The Kier molecular flexibility index (Phi) is 4.69. The van der Waals surface area contributed by atoms with Crippen LogP contribution in [0.2, 0.25) is 0 Å². The molecule has 0 aromatic heterocycles. The second-order valence-corrected chi connectivity index (χ2v) is 5.88. The summed E-state index contributed by atoms with van der Waals surface area (Å²) in [5, 5.41) is 10.9. The first-order chi connectivity index (χ1) is 10.3. The van der Waals surface area contributed by atoms with Crippen LogP contribution in [0.4, 0.5) is 0 Å². The van der Waals surface area contributed by atoms with E-state index >= 15 is 0 Å². The Bertz CT molecular complexity index is 534. The van der Waals surface area contributed by atoms with Gasteiger partial charge in [-0.2, -0.15) is 0 Å². The third kappa shape index (κ3) is 3.52. The van der Waals surface area contributed by atoms with Crippen LogP contribution in [-0.4, -0.2) is 29.6 Å². The molecule has 1 saturated heterocycles. The van der Waals surface area contributed by atoms with Gasteiger partial charge in [-0.05, 0) is 37.1 Å². The summed E-state index contributed by atoms with van der Waals surface area (Å²) in [6.07, 6.45) is 2.11. The molecule has 2 heteroatoms. The highest BCUT2D eigenvalue weighted by molar-refractivity contribution is 5.27. The van der Waals surface area contributed by atoms with Crippen molar-refractivity contribution in [3.8, 4) is 0 Å². The van der Waals surface area contributed by atoms with Crippen molar-refractivity contribution in [1.29, 1.82) is 0 Å². The largest absolute Gasteiger partial charge is 0.388 e. The monoisotopic (exact) mass is 281 g/mol. The highest BCUT2D eigenvalue weighted by Gasteiger charge is 2.26. The van der Waals surface area contributed by atoms with Crippen LogP contribution in [0.5, 0.6) is 0 Å². The minimum atomic E-state index is -0.450. The van der Waals surface area contributed by atoms with Gasteiger partial charge in [-0.25, -0.2) is 0 Å². The zero-order chi connectivity index (χ0) is 14.5. The lowest BCUT2D eigenvalue weighted by atomic mass is 9.88. The zero-order valence-corrected chi connectivity index (χ0v) is 12.4. The third-order valence-electron chi connectivity index (χ3n) is 4.40. The van der Waals surface area contributed by atoms with Gasteiger partial charge in [0.2, 0.25) is 0 Å². The predicted molar refractivity (Wildman–Crippen MR) is 86.3 cm³/mol. The van der Waals surface area contributed by atoms with E-state index in [-0.39, 0.29) is 5.92 Å². The zero-order valence-electron chi connectivity index (χ0n) is 12.4. The molecule has 0 unspecified atom stereocenters. The molecule has 1 aliphatic rings. The van der Waals surface area contributed by atoms with Gasteiger partial charge < -0.3 is 10.0 Å². The van der Waals surface area contributed by atoms with Crippen LogP contribution in [0, 0.1) is 0 Å². The molecule has 1 fully saturated rings. The fourth-order valence-corrected chi connectivity index (χ4v) is 3.21. The summed E-state index contributed by atoms with van der Waals surface area (Å²) in [4.78, 5) is 2.48. The van der Waals surface area contributed by atoms with E-state index in [1.807, 2.05) is 36.4 Å². The van der Waals surface area contributed by atoms with Crippen LogP contribution in [0.25, 0.3) is 0 Å². The molecular weight excluding hydrogens is 258 g/mol. The van der Waals surface area contributed by atoms with Gasteiger partial charge in [-0.3, -0.25) is 0 Å². The average molecular weight is 281 g/mol. The molecule has 21 heavy (non-hydrogen) atoms. The molecule has 2 nitrogen and oxygen atoms in total. The van der Waals surface area contributed by atoms with Crippen molar-refractivity contribution in [3.05, 3.63) is 71.8 Å². The van der Waals surface area contributed by atoms with Crippen molar-refractivity contribution in [2.45, 2.75) is 24.9 Å². The number of aliphatic hydroxyl groups excluding tert-OH is 1. The minimum Gasteiger partial charge on any atom is -0.388 e. The lowest BCUT2D eigenvalue weighted by Gasteiger charge is -2.28. The van der Waals surface area contributed by atoms with E-state index in [1.165, 1.54) is 18.4 Å². The van der Waals surface area contributed by atoms with Crippen LogP contribution in [0.15, 0.2) is 60.7 Å². The van der Waals surface area contributed by atoms with Gasteiger partial charge in [0, 0.05) is 12.5 Å². The number of hydrogen-bond donors (Lipinski definition) is 1. The second kappa shape index (κ2) is 6.88. The number of nitrogens with zero attached hydrogens (tertiary/aromatic N) is 1. The Morgan fingerprint density at radius 1 is 0.810 bits per heavy atom. The number of benzene rings is 2. The van der Waals surface area contributed by atoms with Gasteiger partial charge in [0.1, 0.15) is 0 Å². The van der Waals surface area contributed by atoms with Crippen molar-refractivity contribution in [2.24, 2.45) is 0 Å². The summed E-state index contributed by atoms with van der Waals surface area (Å²) in [7, 11) is 0. The summed E-state index contributed by atoms with van der Waals surface area (Å²) in [5.74, 6) is 0.131. The maximum atomic E-state index is 10.9. The van der Waals surface area contributed by atoms with Gasteiger partial charge in [0.15, 0.2) is 0 Å². The standard InChI is InChI=1S/C19H23NO/c21-19(17-11-5-2-6-12-17)18(15-20-13-7-8-14-20)16-9-3-1-4-10-16/h1-6,9-12,18-19,21H,7-8,13-15H2/t18-,19-/m0/s1. The molecule has 2 atom stereocenters. The van der Waals surface area contributed by atoms with Crippen molar-refractivity contribution in [3.63, 3.8) is 0 Å². The third-order valence-corrected chi connectivity index (χ3v) is 4.40. The molecule has 0 amide bonds. The second-order valence-electron chi connectivity index (χ2n) is 5.88. The molecule has 0 saturated carbocycles. The molecule has 0 spiro atoms. The molecule has 2 aromatic carbocycles. The van der Waals surface area contributed by atoms with Crippen LogP contribution >= 0.6 is 0 Å². The highest BCUT2D eigenvalue weighted by atomic mass is 16.3. The van der Waals surface area contributed by atoms with E-state index in [0.717, 1.165) is 25.2 Å². The summed E-state index contributed by atoms with van der Waals surface area (Å²) in [5.41, 5.74) is 2.23. The SMILES string of the molecule is O[C@@H](c1ccccc1)[C@@H](CN1CCCC1)c1ccccc1. The maximum Gasteiger partial charge on any atom is 0.0870 e. The van der Waals surface area contributed by atoms with E-state index in [4.69, 9.17) is 0 Å². The van der Waals surface area contributed by atoms with E-state index < -0.39 is 6.10 Å². The first-order valence-corrected chi connectivity index (χ1v) is 7.85. The fourth-order valence-electron chi connectivity index (χ4n) is 3.21. The Labute approximate surface area is 127 Å². The lowest BCUT2D eigenvalue weighted by Crippen LogP contribution is -2.29. The smallest absolute Gasteiger partial charge is 0.0870 e. The van der Waals surface area contributed by atoms with E-state index in [0.29, 0.717) is 0 Å². The molecule has 0 bridgehead atoms. The molecule has 3 rings (SSSR count). The highest BCUT2D eigenvalue weighted by Crippen LogP contribution is 2.32. The summed E-state index contributed by atoms with van der Waals surface area (Å²) >= 11 is 0. The summed E-state index contributed by atoms with van der Waals surface area (Å²) in [6.45, 7) is 3.25. The molecular formula is C19H23NO. The first-order valence-electron chi connectivity index (χ1n) is 7.85. The maximum absolute atomic E-state index is 10.9. The molecule has 1 heterocycles. The summed E-state index contributed by atoms with van der Waals surface area (Å²) < 4.78 is 0. The summed E-state index contributed by atoms with van der Waals surface area (Å²) in [6, 6.07) is 20.4. The fraction of sp³-hybridized carbons (Fsp3) is 0.368. The normalized spacial score (nSPS) is 18.5. The van der Waals surface area contributed by atoms with Crippen molar-refractivity contribution < 1.29 is 5.11 Å². The van der Waals surface area contributed by atoms with Gasteiger partial charge >= 0.3 is 0 Å². The van der Waals surface area contributed by atoms with Crippen LogP contribution in [0.3, 0.4) is 0 Å². The topological polar surface area (TPSA) is 23.5 Å². The Morgan fingerprint density at radius 3 is 1.90 bits per heavy atom. The van der Waals surface area contributed by atoms with Crippen molar-refractivity contribution >= 4 is 0 Å². The predicted octanol–water partition coefficient (Wildman–Crippen LogP) is 3.60. The number of rotatable bonds is 5. The number of aliphatic hydroxyl groups is 1. The Hall–Kier alpha value is -1.64. The van der Waals surface area contributed by atoms with Crippen molar-refractivity contribution in [2.75, 3.05) is 19.6 Å². The molecule has 110 valence electrons. The first kappa shape index (κ1) is 14.3. The minimum absolute atomic E-state index is 0.131. The van der Waals surface area contributed by atoms with E-state index in [9.17, 15) is 5.11 Å². The quantitative estimate of drug-likeness (QED) is 0.905. The van der Waals surface area contributed by atoms with Crippen molar-refractivity contribution in [1.82, 2.24) is 4.90 Å². The van der Waals surface area contributed by atoms with Crippen LogP contribution < -0.4 is 0 Å². The molecule has 1 N–H and O–H groups in total. The van der Waals surface area contributed by atoms with Crippen LogP contribution in [0.1, 0.15) is 36.0 Å². The molecule has 2 aromatic rings. The number of hydrogen-bond acceptors (Lipinski definition) is 2. The molecule has 0 radical (unpaired) electrons. The van der Waals surface area contributed by atoms with Gasteiger partial charge in [-0.15, -0.1) is 0 Å². The Morgan fingerprint density at radius 2 is 1.33 bits per heavy atom. The van der Waals surface area contributed by atoms with E-state index in [2.05, 4.69) is 29.2 Å². The van der Waals surface area contributed by atoms with Crippen LogP contribution in [-0.2, 0) is 0 Å². The van der Waals surface area contributed by atoms with Gasteiger partial charge in [0.25, 0.3) is 0 Å². The van der Waals surface area contributed by atoms with Gasteiger partial charge in [0.05, 0.1) is 6.10 Å².